The van der Waals surface area contributed by atoms with E-state index in [1.54, 1.807) is 0 Å². The molecule has 2 unspecified atom stereocenters. The van der Waals surface area contributed by atoms with Crippen molar-refractivity contribution in [3.05, 3.63) is 0 Å². The van der Waals surface area contributed by atoms with Crippen LogP contribution in [-0.4, -0.2) is 59.6 Å². The first kappa shape index (κ1) is 15.4. The molecule has 1 N–H and O–H groups in total. The van der Waals surface area contributed by atoms with E-state index < -0.39 is 5.97 Å². The summed E-state index contributed by atoms with van der Waals surface area (Å²) in [7, 11) is 2.10. The molecule has 1 heterocycles. The molecule has 18 heavy (non-hydrogen) atoms. The van der Waals surface area contributed by atoms with Crippen molar-refractivity contribution in [3.63, 3.8) is 0 Å². The van der Waals surface area contributed by atoms with Gasteiger partial charge in [0.1, 0.15) is 0 Å². The minimum absolute atomic E-state index is 0.163. The molecule has 0 aromatic heterocycles. The van der Waals surface area contributed by atoms with Crippen LogP contribution in [0.1, 0.15) is 40.0 Å². The predicted molar refractivity (Wildman–Crippen MR) is 73.8 cm³/mol. The van der Waals surface area contributed by atoms with Crippen molar-refractivity contribution in [2.24, 2.45) is 5.92 Å². The molecule has 1 rings (SSSR count). The lowest BCUT2D eigenvalue weighted by molar-refractivity contribution is -0.138. The Kier molecular flexibility index (Phi) is 6.09. The van der Waals surface area contributed by atoms with Crippen molar-refractivity contribution < 1.29 is 9.90 Å². The molecule has 1 aliphatic rings. The van der Waals surface area contributed by atoms with Gasteiger partial charge in [0.15, 0.2) is 0 Å². The summed E-state index contributed by atoms with van der Waals surface area (Å²) >= 11 is 0. The summed E-state index contributed by atoms with van der Waals surface area (Å²) in [5.74, 6) is -0.00798. The zero-order valence-electron chi connectivity index (χ0n) is 12.2. The molecule has 4 nitrogen and oxygen atoms in total. The van der Waals surface area contributed by atoms with E-state index in [0.29, 0.717) is 12.0 Å². The fraction of sp³-hybridized carbons (Fsp3) is 0.929. The highest BCUT2D eigenvalue weighted by atomic mass is 16.4. The summed E-state index contributed by atoms with van der Waals surface area (Å²) in [5.41, 5.74) is 0. The number of hydrogen-bond donors (Lipinski definition) is 1. The van der Waals surface area contributed by atoms with E-state index in [-0.39, 0.29) is 12.5 Å². The zero-order chi connectivity index (χ0) is 13.7. The third-order valence-electron chi connectivity index (χ3n) is 4.01. The molecule has 4 heteroatoms. The molecule has 0 aliphatic carbocycles. The Hall–Kier alpha value is -0.610. The monoisotopic (exact) mass is 256 g/mol. The molecule has 0 spiro atoms. The molecule has 0 radical (unpaired) electrons. The van der Waals surface area contributed by atoms with Crippen LogP contribution in [-0.2, 0) is 4.79 Å². The van der Waals surface area contributed by atoms with Crippen molar-refractivity contribution in [2.45, 2.75) is 52.1 Å². The van der Waals surface area contributed by atoms with E-state index in [2.05, 4.69) is 37.6 Å². The van der Waals surface area contributed by atoms with Gasteiger partial charge in [-0.05, 0) is 45.8 Å². The lowest BCUT2D eigenvalue weighted by atomic mass is 10.1. The predicted octanol–water partition coefficient (Wildman–Crippen LogP) is 1.90. The maximum Gasteiger partial charge on any atom is 0.304 e. The molecule has 0 aromatic rings. The highest BCUT2D eigenvalue weighted by molar-refractivity contribution is 5.67. The van der Waals surface area contributed by atoms with Crippen LogP contribution < -0.4 is 0 Å². The van der Waals surface area contributed by atoms with Gasteiger partial charge in [-0.3, -0.25) is 9.69 Å². The van der Waals surface area contributed by atoms with Crippen molar-refractivity contribution >= 4 is 5.97 Å². The minimum Gasteiger partial charge on any atom is -0.481 e. The summed E-state index contributed by atoms with van der Waals surface area (Å²) in [6.45, 7) is 9.58. The van der Waals surface area contributed by atoms with Crippen molar-refractivity contribution in [1.82, 2.24) is 9.80 Å². The zero-order valence-corrected chi connectivity index (χ0v) is 12.2. The van der Waals surface area contributed by atoms with Crippen LogP contribution in [0.5, 0.6) is 0 Å². The fourth-order valence-corrected chi connectivity index (χ4v) is 2.50. The van der Waals surface area contributed by atoms with Gasteiger partial charge in [-0.1, -0.05) is 13.8 Å². The van der Waals surface area contributed by atoms with Crippen molar-refractivity contribution in [1.29, 1.82) is 0 Å². The quantitative estimate of drug-likeness (QED) is 0.816. The number of carboxylic acids is 1. The molecular weight excluding hydrogens is 228 g/mol. The van der Waals surface area contributed by atoms with Gasteiger partial charge in [-0.2, -0.15) is 0 Å². The first-order chi connectivity index (χ1) is 8.40. The number of carbonyl (C=O) groups is 1. The summed E-state index contributed by atoms with van der Waals surface area (Å²) in [6.07, 6.45) is 2.54. The number of aliphatic carboxylic acids is 1. The van der Waals surface area contributed by atoms with Crippen LogP contribution in [0, 0.1) is 5.92 Å². The average molecular weight is 256 g/mol. The van der Waals surface area contributed by atoms with Crippen LogP contribution in [0.2, 0.25) is 0 Å². The van der Waals surface area contributed by atoms with E-state index in [1.807, 2.05) is 0 Å². The Morgan fingerprint density at radius 1 is 1.44 bits per heavy atom. The molecule has 0 aromatic carbocycles. The Morgan fingerprint density at radius 3 is 2.67 bits per heavy atom. The Balaban J connectivity index is 2.65. The van der Waals surface area contributed by atoms with E-state index in [1.165, 1.54) is 0 Å². The third-order valence-corrected chi connectivity index (χ3v) is 4.01. The number of likely N-dealkylation sites (N-methyl/N-ethyl adjacent to an activating group) is 1. The van der Waals surface area contributed by atoms with Gasteiger partial charge < -0.3 is 10.0 Å². The van der Waals surface area contributed by atoms with E-state index in [4.69, 9.17) is 5.11 Å². The highest BCUT2D eigenvalue weighted by Gasteiger charge is 2.28. The molecule has 1 fully saturated rings. The molecule has 0 bridgehead atoms. The third kappa shape index (κ3) is 4.94. The Morgan fingerprint density at radius 2 is 2.11 bits per heavy atom. The molecule has 2 atom stereocenters. The van der Waals surface area contributed by atoms with Gasteiger partial charge in [-0.15, -0.1) is 0 Å². The van der Waals surface area contributed by atoms with Crippen molar-refractivity contribution in [3.8, 4) is 0 Å². The van der Waals surface area contributed by atoms with Crippen LogP contribution in [0.4, 0.5) is 0 Å². The molecule has 0 saturated carbocycles. The van der Waals surface area contributed by atoms with Gasteiger partial charge in [0.05, 0.1) is 6.42 Å². The van der Waals surface area contributed by atoms with Gasteiger partial charge in [0, 0.05) is 18.6 Å². The average Bonchev–Trinajstić information content (AvgIpc) is 2.37. The standard InChI is InChI=1S/C14H28N2O2/c1-11(2)5-7-16-8-6-12(3)15(4)10-13(16)9-14(17)18/h11-13H,5-10H2,1-4H3,(H,17,18). The van der Waals surface area contributed by atoms with Crippen molar-refractivity contribution in [2.75, 3.05) is 26.7 Å². The summed E-state index contributed by atoms with van der Waals surface area (Å²) in [4.78, 5) is 15.7. The second-order valence-corrected chi connectivity index (χ2v) is 6.05. The first-order valence-corrected chi connectivity index (χ1v) is 7.06. The Labute approximate surface area is 111 Å². The smallest absolute Gasteiger partial charge is 0.304 e. The van der Waals surface area contributed by atoms with Gasteiger partial charge in [-0.25, -0.2) is 0 Å². The molecule has 1 saturated heterocycles. The Bertz CT molecular complexity index is 267. The van der Waals surface area contributed by atoms with Gasteiger partial charge in [0.25, 0.3) is 0 Å². The summed E-state index contributed by atoms with van der Waals surface area (Å²) < 4.78 is 0. The van der Waals surface area contributed by atoms with Crippen LogP contribution in [0.15, 0.2) is 0 Å². The van der Waals surface area contributed by atoms with Crippen LogP contribution >= 0.6 is 0 Å². The van der Waals surface area contributed by atoms with Gasteiger partial charge >= 0.3 is 5.97 Å². The summed E-state index contributed by atoms with van der Waals surface area (Å²) in [6, 6.07) is 0.710. The van der Waals surface area contributed by atoms with E-state index in [0.717, 1.165) is 32.5 Å². The SMILES string of the molecule is CC(C)CCN1CCC(C)N(C)CC1CC(=O)O. The van der Waals surface area contributed by atoms with E-state index in [9.17, 15) is 4.79 Å². The molecule has 106 valence electrons. The van der Waals surface area contributed by atoms with Gasteiger partial charge in [0.2, 0.25) is 0 Å². The lowest BCUT2D eigenvalue weighted by Crippen LogP contribution is -2.42. The van der Waals surface area contributed by atoms with Crippen LogP contribution in [0.25, 0.3) is 0 Å². The highest BCUT2D eigenvalue weighted by Crippen LogP contribution is 2.17. The number of nitrogens with zero attached hydrogens (tertiary/aromatic N) is 2. The van der Waals surface area contributed by atoms with E-state index >= 15 is 0 Å². The number of carboxylic acid groups (broad SMARTS) is 1. The summed E-state index contributed by atoms with van der Waals surface area (Å²) in [5, 5.41) is 9.06. The molecule has 1 aliphatic heterocycles. The first-order valence-electron chi connectivity index (χ1n) is 7.06. The molecular formula is C14H28N2O2. The largest absolute Gasteiger partial charge is 0.481 e. The lowest BCUT2D eigenvalue weighted by Gasteiger charge is -2.30. The topological polar surface area (TPSA) is 43.8 Å². The molecule has 0 amide bonds. The number of hydrogen-bond acceptors (Lipinski definition) is 3. The number of rotatable bonds is 5. The second-order valence-electron chi connectivity index (χ2n) is 6.05. The second kappa shape index (κ2) is 7.10. The normalized spacial score (nSPS) is 27.4. The maximum absolute atomic E-state index is 11.0. The maximum atomic E-state index is 11.0. The fourth-order valence-electron chi connectivity index (χ4n) is 2.50. The minimum atomic E-state index is -0.683. The van der Waals surface area contributed by atoms with Crippen LogP contribution in [0.3, 0.4) is 0 Å².